The molecule has 0 saturated carbocycles. The Labute approximate surface area is 79.7 Å². The number of carbonyl (C=O) groups excluding carboxylic acids is 1. The van der Waals surface area contributed by atoms with Crippen LogP contribution in [-0.2, 0) is 14.6 Å². The lowest BCUT2D eigenvalue weighted by atomic mass is 10.3. The number of imidazole rings is 1. The van der Waals surface area contributed by atoms with E-state index >= 15 is 0 Å². The molecular formula is C8H6N2O3S. The molecule has 0 unspecified atom stereocenters. The van der Waals surface area contributed by atoms with Gasteiger partial charge in [-0.1, -0.05) is 12.1 Å². The molecule has 0 radical (unpaired) electrons. The highest BCUT2D eigenvalue weighted by Crippen LogP contribution is 2.13. The third kappa shape index (κ3) is 1.29. The van der Waals surface area contributed by atoms with Gasteiger partial charge in [0.2, 0.25) is 10.8 Å². The van der Waals surface area contributed by atoms with E-state index in [-0.39, 0.29) is 10.8 Å². The van der Waals surface area contributed by atoms with E-state index < -0.39 is 9.84 Å². The van der Waals surface area contributed by atoms with Gasteiger partial charge in [0.15, 0.2) is 0 Å². The first-order chi connectivity index (χ1) is 6.63. The monoisotopic (exact) mass is 210 g/mol. The summed E-state index contributed by atoms with van der Waals surface area (Å²) in [4.78, 5) is 16.6. The Morgan fingerprint density at radius 3 is 2.64 bits per heavy atom. The van der Waals surface area contributed by atoms with Crippen LogP contribution in [0.3, 0.4) is 0 Å². The highest BCUT2D eigenvalue weighted by Gasteiger charge is 2.17. The average Bonchev–Trinajstić information content (AvgIpc) is 2.61. The van der Waals surface area contributed by atoms with Crippen molar-refractivity contribution in [2.45, 2.75) is 5.16 Å². The quantitative estimate of drug-likeness (QED) is 0.733. The molecule has 14 heavy (non-hydrogen) atoms. The SMILES string of the molecule is O=CS(=O)(=O)c1nc2ccccc2[nH]1. The van der Waals surface area contributed by atoms with Gasteiger partial charge in [-0.25, -0.2) is 13.4 Å². The van der Waals surface area contributed by atoms with Crippen LogP contribution < -0.4 is 0 Å². The molecule has 2 aromatic rings. The van der Waals surface area contributed by atoms with Crippen molar-refractivity contribution in [1.29, 1.82) is 0 Å². The smallest absolute Gasteiger partial charge is 0.270 e. The van der Waals surface area contributed by atoms with Gasteiger partial charge < -0.3 is 4.98 Å². The summed E-state index contributed by atoms with van der Waals surface area (Å²) in [5.41, 5.74) is 0.992. The molecule has 0 aliphatic rings. The van der Waals surface area contributed by atoms with Crippen molar-refractivity contribution >= 4 is 26.5 Å². The Kier molecular flexibility index (Phi) is 1.85. The molecule has 1 heterocycles. The summed E-state index contributed by atoms with van der Waals surface area (Å²) in [5, 5.41) is -0.311. The number of fused-ring (bicyclic) bond motifs is 1. The first-order valence-corrected chi connectivity index (χ1v) is 5.33. The van der Waals surface area contributed by atoms with Crippen molar-refractivity contribution in [1.82, 2.24) is 9.97 Å². The molecule has 0 aliphatic heterocycles. The zero-order valence-corrected chi connectivity index (χ0v) is 7.78. The first-order valence-electron chi connectivity index (χ1n) is 3.78. The maximum Gasteiger partial charge on any atom is 0.270 e. The van der Waals surface area contributed by atoms with Crippen LogP contribution in [0.1, 0.15) is 0 Å². The second-order valence-electron chi connectivity index (χ2n) is 2.70. The molecule has 1 N–H and O–H groups in total. The third-order valence-corrected chi connectivity index (χ3v) is 2.75. The third-order valence-electron chi connectivity index (χ3n) is 1.76. The predicted molar refractivity (Wildman–Crippen MR) is 50.0 cm³/mol. The van der Waals surface area contributed by atoms with E-state index in [1.54, 1.807) is 24.3 Å². The largest absolute Gasteiger partial charge is 0.328 e. The second-order valence-corrected chi connectivity index (χ2v) is 4.37. The molecule has 1 aromatic carbocycles. The van der Waals surface area contributed by atoms with Crippen LogP contribution in [0.4, 0.5) is 0 Å². The zero-order valence-electron chi connectivity index (χ0n) is 6.97. The molecule has 0 bridgehead atoms. The lowest BCUT2D eigenvalue weighted by Crippen LogP contribution is -2.03. The maximum absolute atomic E-state index is 11.1. The van der Waals surface area contributed by atoms with E-state index in [0.717, 1.165) is 0 Å². The number of nitrogens with zero attached hydrogens (tertiary/aromatic N) is 1. The fraction of sp³-hybridized carbons (Fsp3) is 0. The van der Waals surface area contributed by atoms with Crippen molar-refractivity contribution < 1.29 is 13.2 Å². The van der Waals surface area contributed by atoms with Gasteiger partial charge in [-0.15, -0.1) is 0 Å². The number of para-hydroxylation sites is 2. The fourth-order valence-electron chi connectivity index (χ4n) is 1.11. The maximum atomic E-state index is 11.1. The number of sulfone groups is 1. The minimum atomic E-state index is -3.91. The summed E-state index contributed by atoms with van der Waals surface area (Å²) in [7, 11) is -3.91. The van der Waals surface area contributed by atoms with Crippen LogP contribution in [0, 0.1) is 0 Å². The van der Waals surface area contributed by atoms with E-state index in [1.165, 1.54) is 0 Å². The Morgan fingerprint density at radius 2 is 2.00 bits per heavy atom. The second kappa shape index (κ2) is 2.91. The van der Waals surface area contributed by atoms with Gasteiger partial charge in [-0.05, 0) is 12.1 Å². The minimum Gasteiger partial charge on any atom is -0.328 e. The molecule has 2 rings (SSSR count). The summed E-state index contributed by atoms with van der Waals surface area (Å²) in [5.74, 6) is 0. The van der Waals surface area contributed by atoms with E-state index in [4.69, 9.17) is 0 Å². The Morgan fingerprint density at radius 1 is 1.29 bits per heavy atom. The number of rotatable bonds is 2. The molecule has 0 fully saturated rings. The zero-order chi connectivity index (χ0) is 10.2. The summed E-state index contributed by atoms with van der Waals surface area (Å²) in [6.45, 7) is 0. The van der Waals surface area contributed by atoms with Crippen molar-refractivity contribution in [3.8, 4) is 0 Å². The minimum absolute atomic E-state index is 0.120. The van der Waals surface area contributed by atoms with Crippen LogP contribution in [0.25, 0.3) is 11.0 Å². The fourth-order valence-corrected chi connectivity index (χ4v) is 1.68. The molecule has 72 valence electrons. The molecule has 0 amide bonds. The Balaban J connectivity index is 2.73. The number of hydrogen-bond acceptors (Lipinski definition) is 4. The topological polar surface area (TPSA) is 79.9 Å². The van der Waals surface area contributed by atoms with E-state index in [0.29, 0.717) is 11.0 Å². The van der Waals surface area contributed by atoms with Crippen molar-refractivity contribution in [2.75, 3.05) is 0 Å². The van der Waals surface area contributed by atoms with Gasteiger partial charge in [0.1, 0.15) is 0 Å². The molecule has 5 nitrogen and oxygen atoms in total. The summed E-state index contributed by atoms with van der Waals surface area (Å²) < 4.78 is 22.2. The van der Waals surface area contributed by atoms with Crippen LogP contribution in [0.2, 0.25) is 0 Å². The van der Waals surface area contributed by atoms with E-state index in [9.17, 15) is 13.2 Å². The van der Waals surface area contributed by atoms with E-state index in [2.05, 4.69) is 9.97 Å². The first kappa shape index (κ1) is 8.89. The summed E-state index contributed by atoms with van der Waals surface area (Å²) >= 11 is 0. The van der Waals surface area contributed by atoms with Crippen molar-refractivity contribution in [3.05, 3.63) is 24.3 Å². The van der Waals surface area contributed by atoms with Crippen molar-refractivity contribution in [2.24, 2.45) is 0 Å². The summed E-state index contributed by atoms with van der Waals surface area (Å²) in [6.07, 6.45) is 0. The van der Waals surface area contributed by atoms with Crippen LogP contribution in [0.15, 0.2) is 29.4 Å². The molecular weight excluding hydrogens is 204 g/mol. The van der Waals surface area contributed by atoms with Gasteiger partial charge in [-0.3, -0.25) is 4.79 Å². The number of hydrogen-bond donors (Lipinski definition) is 1. The predicted octanol–water partition coefficient (Wildman–Crippen LogP) is 0.527. The van der Waals surface area contributed by atoms with Gasteiger partial charge in [-0.2, -0.15) is 0 Å². The van der Waals surface area contributed by atoms with Gasteiger partial charge >= 0.3 is 0 Å². The lowest BCUT2D eigenvalue weighted by molar-refractivity contribution is 0.554. The van der Waals surface area contributed by atoms with E-state index in [1.807, 2.05) is 0 Å². The normalized spacial score (nSPS) is 11.7. The standard InChI is InChI=1S/C8H6N2O3S/c11-5-14(12,13)8-9-6-3-1-2-4-7(6)10-8/h1-5H,(H,9,10). The van der Waals surface area contributed by atoms with Gasteiger partial charge in [0.25, 0.3) is 9.84 Å². The number of aromatic amines is 1. The Hall–Kier alpha value is -1.69. The number of nitrogens with one attached hydrogen (secondary N) is 1. The molecule has 0 atom stereocenters. The highest BCUT2D eigenvalue weighted by molar-refractivity contribution is 8.04. The lowest BCUT2D eigenvalue weighted by Gasteiger charge is -1.85. The van der Waals surface area contributed by atoms with Crippen LogP contribution in [-0.4, -0.2) is 24.0 Å². The molecule has 0 spiro atoms. The molecule has 1 aromatic heterocycles. The van der Waals surface area contributed by atoms with Crippen molar-refractivity contribution in [3.63, 3.8) is 0 Å². The average molecular weight is 210 g/mol. The van der Waals surface area contributed by atoms with Gasteiger partial charge in [0, 0.05) is 0 Å². The number of carbonyl (C=O) groups is 1. The van der Waals surface area contributed by atoms with Crippen LogP contribution >= 0.6 is 0 Å². The number of benzene rings is 1. The molecule has 6 heteroatoms. The van der Waals surface area contributed by atoms with Crippen LogP contribution in [0.5, 0.6) is 0 Å². The molecule has 0 saturated heterocycles. The number of aromatic nitrogens is 2. The highest BCUT2D eigenvalue weighted by atomic mass is 32.2. The Bertz CT molecular complexity index is 552. The number of H-pyrrole nitrogens is 1. The summed E-state index contributed by atoms with van der Waals surface area (Å²) in [6, 6.07) is 6.83. The van der Waals surface area contributed by atoms with Gasteiger partial charge in [0.05, 0.1) is 11.0 Å². The molecule has 0 aliphatic carbocycles.